The number of methoxy groups -OCH3 is 3. The summed E-state index contributed by atoms with van der Waals surface area (Å²) >= 11 is 1.51. The summed E-state index contributed by atoms with van der Waals surface area (Å²) in [7, 11) is 4.65. The van der Waals surface area contributed by atoms with Crippen molar-refractivity contribution in [3.63, 3.8) is 0 Å². The lowest BCUT2D eigenvalue weighted by Crippen LogP contribution is -2.48. The highest BCUT2D eigenvalue weighted by atomic mass is 32.1. The molecule has 1 saturated carbocycles. The third-order valence-electron chi connectivity index (χ3n) is 6.71. The van der Waals surface area contributed by atoms with Gasteiger partial charge >= 0.3 is 0 Å². The van der Waals surface area contributed by atoms with E-state index < -0.39 is 6.04 Å². The number of anilines is 1. The number of hydrogen-bond acceptors (Lipinski definition) is 6. The van der Waals surface area contributed by atoms with Crippen molar-refractivity contribution in [1.82, 2.24) is 5.32 Å². The molecule has 1 aromatic heterocycles. The van der Waals surface area contributed by atoms with E-state index in [2.05, 4.69) is 5.32 Å². The molecule has 0 bridgehead atoms. The minimum absolute atomic E-state index is 0.0623. The fraction of sp³-hybridized carbons (Fsp3) is 0.379. The van der Waals surface area contributed by atoms with Crippen LogP contribution >= 0.6 is 11.3 Å². The van der Waals surface area contributed by atoms with E-state index in [1.165, 1.54) is 17.8 Å². The summed E-state index contributed by atoms with van der Waals surface area (Å²) in [6.07, 6.45) is 5.32. The Morgan fingerprint density at radius 3 is 2.32 bits per heavy atom. The van der Waals surface area contributed by atoms with Gasteiger partial charge < -0.3 is 19.5 Å². The van der Waals surface area contributed by atoms with Gasteiger partial charge in [0.15, 0.2) is 11.5 Å². The van der Waals surface area contributed by atoms with Crippen LogP contribution in [0.4, 0.5) is 5.69 Å². The molecule has 1 aliphatic rings. The van der Waals surface area contributed by atoms with Crippen LogP contribution < -0.4 is 24.4 Å². The number of hydrogen-bond donors (Lipinski definition) is 1. The number of carbonyl (C=O) groups excluding carboxylic acids is 2. The number of para-hydroxylation sites is 3. The molecule has 37 heavy (non-hydrogen) atoms. The van der Waals surface area contributed by atoms with Gasteiger partial charge in [-0.15, -0.1) is 11.3 Å². The summed E-state index contributed by atoms with van der Waals surface area (Å²) in [4.78, 5) is 30.7. The third kappa shape index (κ3) is 6.07. The van der Waals surface area contributed by atoms with Crippen molar-refractivity contribution in [1.29, 1.82) is 0 Å². The summed E-state index contributed by atoms with van der Waals surface area (Å²) in [5.41, 5.74) is 1.06. The Morgan fingerprint density at radius 2 is 1.65 bits per heavy atom. The molecule has 0 saturated heterocycles. The van der Waals surface area contributed by atoms with Crippen LogP contribution in [0.15, 0.2) is 60.0 Å². The molecule has 1 heterocycles. The molecule has 4 rings (SSSR count). The van der Waals surface area contributed by atoms with Gasteiger partial charge in [0.25, 0.3) is 0 Å². The van der Waals surface area contributed by atoms with Crippen molar-refractivity contribution in [3.8, 4) is 17.2 Å². The Hall–Kier alpha value is -3.52. The molecule has 3 aromatic rings. The van der Waals surface area contributed by atoms with Crippen LogP contribution in [0.3, 0.4) is 0 Å². The van der Waals surface area contributed by atoms with Crippen LogP contribution in [0.2, 0.25) is 0 Å². The van der Waals surface area contributed by atoms with Crippen molar-refractivity contribution < 1.29 is 23.8 Å². The molecule has 2 aromatic carbocycles. The highest BCUT2D eigenvalue weighted by Crippen LogP contribution is 2.41. The number of nitrogens with one attached hydrogen (secondary N) is 1. The van der Waals surface area contributed by atoms with E-state index in [0.29, 0.717) is 28.5 Å². The SMILES string of the molecule is COc1ccccc1N(C(=O)Cc1cccs1)[C@H](C(=O)NC1CCCCC1)c1cccc(OC)c1OC. The highest BCUT2D eigenvalue weighted by molar-refractivity contribution is 7.10. The maximum absolute atomic E-state index is 14.2. The Bertz CT molecular complexity index is 1190. The molecule has 0 spiro atoms. The maximum Gasteiger partial charge on any atom is 0.248 e. The highest BCUT2D eigenvalue weighted by Gasteiger charge is 2.38. The number of amides is 2. The largest absolute Gasteiger partial charge is 0.495 e. The smallest absolute Gasteiger partial charge is 0.248 e. The van der Waals surface area contributed by atoms with E-state index in [1.54, 1.807) is 44.4 Å². The molecular formula is C29H34N2O5S. The minimum atomic E-state index is -1.00. The quantitative estimate of drug-likeness (QED) is 0.378. The first-order valence-corrected chi connectivity index (χ1v) is 13.4. The Morgan fingerprint density at radius 1 is 0.919 bits per heavy atom. The van der Waals surface area contributed by atoms with E-state index in [1.807, 2.05) is 41.8 Å². The Balaban J connectivity index is 1.87. The number of rotatable bonds is 10. The van der Waals surface area contributed by atoms with Gasteiger partial charge in [0.2, 0.25) is 11.8 Å². The molecule has 0 radical (unpaired) electrons. The van der Waals surface area contributed by atoms with E-state index in [-0.39, 0.29) is 24.3 Å². The number of nitrogens with zero attached hydrogens (tertiary/aromatic N) is 1. The van der Waals surface area contributed by atoms with Crippen molar-refractivity contribution in [2.24, 2.45) is 0 Å². The lowest BCUT2D eigenvalue weighted by Gasteiger charge is -2.34. The zero-order valence-corrected chi connectivity index (χ0v) is 22.4. The van der Waals surface area contributed by atoms with Gasteiger partial charge in [-0.2, -0.15) is 0 Å². The molecular weight excluding hydrogens is 488 g/mol. The average Bonchev–Trinajstić information content (AvgIpc) is 3.44. The van der Waals surface area contributed by atoms with Gasteiger partial charge in [-0.25, -0.2) is 0 Å². The molecule has 1 atom stereocenters. The zero-order valence-electron chi connectivity index (χ0n) is 21.6. The number of carbonyl (C=O) groups is 2. The van der Waals surface area contributed by atoms with Gasteiger partial charge in [-0.1, -0.05) is 49.6 Å². The van der Waals surface area contributed by atoms with Gasteiger partial charge in [0.05, 0.1) is 33.4 Å². The summed E-state index contributed by atoms with van der Waals surface area (Å²) < 4.78 is 16.9. The molecule has 1 fully saturated rings. The Kier molecular flexibility index (Phi) is 9.06. The fourth-order valence-corrected chi connectivity index (χ4v) is 5.64. The van der Waals surface area contributed by atoms with Crippen LogP contribution in [0.1, 0.15) is 48.6 Å². The number of benzene rings is 2. The van der Waals surface area contributed by atoms with Gasteiger partial charge in [0.1, 0.15) is 11.8 Å². The Labute approximate surface area is 222 Å². The van der Waals surface area contributed by atoms with Crippen molar-refractivity contribution in [3.05, 3.63) is 70.4 Å². The molecule has 2 amide bonds. The van der Waals surface area contributed by atoms with E-state index in [4.69, 9.17) is 14.2 Å². The van der Waals surface area contributed by atoms with Crippen molar-refractivity contribution in [2.75, 3.05) is 26.2 Å². The molecule has 8 heteroatoms. The first kappa shape index (κ1) is 26.5. The summed E-state index contributed by atoms with van der Waals surface area (Å²) in [5.74, 6) is 0.919. The van der Waals surface area contributed by atoms with Crippen LogP contribution in [0.25, 0.3) is 0 Å². The topological polar surface area (TPSA) is 77.1 Å². The monoisotopic (exact) mass is 522 g/mol. The lowest BCUT2D eigenvalue weighted by atomic mass is 9.94. The van der Waals surface area contributed by atoms with Crippen LogP contribution in [0, 0.1) is 0 Å². The molecule has 0 unspecified atom stereocenters. The van der Waals surface area contributed by atoms with E-state index in [9.17, 15) is 9.59 Å². The van der Waals surface area contributed by atoms with Crippen LogP contribution in [-0.2, 0) is 16.0 Å². The molecule has 7 nitrogen and oxygen atoms in total. The molecule has 1 N–H and O–H groups in total. The van der Waals surface area contributed by atoms with Crippen LogP contribution in [-0.4, -0.2) is 39.2 Å². The normalized spacial score (nSPS) is 14.5. The van der Waals surface area contributed by atoms with Crippen LogP contribution in [0.5, 0.6) is 17.2 Å². The second-order valence-electron chi connectivity index (χ2n) is 9.02. The second-order valence-corrected chi connectivity index (χ2v) is 10.1. The van der Waals surface area contributed by atoms with Gasteiger partial charge in [-0.05, 0) is 42.5 Å². The van der Waals surface area contributed by atoms with Gasteiger partial charge in [0, 0.05) is 16.5 Å². The molecule has 0 aliphatic heterocycles. The predicted molar refractivity (Wildman–Crippen MR) is 146 cm³/mol. The van der Waals surface area contributed by atoms with Gasteiger partial charge in [-0.3, -0.25) is 14.5 Å². The first-order chi connectivity index (χ1) is 18.1. The number of thiophene rings is 1. The summed E-state index contributed by atoms with van der Waals surface area (Å²) in [6, 6.07) is 15.6. The van der Waals surface area contributed by atoms with Crippen molar-refractivity contribution in [2.45, 2.75) is 50.6 Å². The average molecular weight is 523 g/mol. The third-order valence-corrected chi connectivity index (χ3v) is 7.58. The standard InChI is InChI=1S/C29H34N2O5S/c1-34-24-16-8-7-15-23(24)31(26(32)19-21-13-10-18-37-21)27(29(33)30-20-11-5-4-6-12-20)22-14-9-17-25(35-2)28(22)36-3/h7-10,13-18,20,27H,4-6,11-12,19H2,1-3H3,(H,30,33)/t27-/m0/s1. The van der Waals surface area contributed by atoms with E-state index in [0.717, 1.165) is 30.6 Å². The van der Waals surface area contributed by atoms with E-state index >= 15 is 0 Å². The minimum Gasteiger partial charge on any atom is -0.495 e. The number of ether oxygens (including phenoxy) is 3. The summed E-state index contributed by atoms with van der Waals surface area (Å²) in [6.45, 7) is 0. The summed E-state index contributed by atoms with van der Waals surface area (Å²) in [5, 5.41) is 5.18. The molecule has 196 valence electrons. The second kappa shape index (κ2) is 12.6. The molecule has 1 aliphatic carbocycles. The maximum atomic E-state index is 14.2. The lowest BCUT2D eigenvalue weighted by molar-refractivity contribution is -0.127. The first-order valence-electron chi connectivity index (χ1n) is 12.6. The fourth-order valence-electron chi connectivity index (χ4n) is 4.95. The predicted octanol–water partition coefficient (Wildman–Crippen LogP) is 5.54. The zero-order chi connectivity index (χ0) is 26.2. The van der Waals surface area contributed by atoms with Crippen molar-refractivity contribution >= 4 is 28.8 Å².